The summed E-state index contributed by atoms with van der Waals surface area (Å²) < 4.78 is 34.0. The van der Waals surface area contributed by atoms with E-state index in [2.05, 4.69) is 10.3 Å². The normalized spacial score (nSPS) is 11.4. The molecular formula is C20H22N2O4S. The number of aryl methyl sites for hydroxylation is 1. The third-order valence-electron chi connectivity index (χ3n) is 4.09. The summed E-state index contributed by atoms with van der Waals surface area (Å²) in [6.45, 7) is 2.96. The number of anilines is 1. The molecule has 1 aromatic heterocycles. The summed E-state index contributed by atoms with van der Waals surface area (Å²) in [7, 11) is -1.56. The quantitative estimate of drug-likeness (QED) is 0.627. The fraction of sp³-hybridized carbons (Fsp3) is 0.250. The first kappa shape index (κ1) is 19.0. The zero-order chi connectivity index (χ0) is 19.4. The van der Waals surface area contributed by atoms with Crippen LogP contribution in [0.3, 0.4) is 0 Å². The van der Waals surface area contributed by atoms with E-state index in [1.807, 2.05) is 31.2 Å². The first-order valence-electron chi connectivity index (χ1n) is 8.49. The Hall–Kier alpha value is -2.80. The minimum absolute atomic E-state index is 0.278. The lowest BCUT2D eigenvalue weighted by molar-refractivity contribution is 0.332. The standard InChI is InChI=1S/C20H22N2O4S/c1-14-13-18(17-5-4-6-19(25-2)20(17)22-14)21-11-12-26-15-7-9-16(10-8-15)27(3,23)24/h4-10,13H,11-12H2,1-3H3,(H,21,22). The summed E-state index contributed by atoms with van der Waals surface area (Å²) in [6.07, 6.45) is 1.18. The fourth-order valence-corrected chi connectivity index (χ4v) is 3.43. The number of hydrogen-bond donors (Lipinski definition) is 1. The van der Waals surface area contributed by atoms with Crippen molar-refractivity contribution in [3.05, 3.63) is 54.2 Å². The molecule has 2 aromatic carbocycles. The predicted molar refractivity (Wildman–Crippen MR) is 107 cm³/mol. The van der Waals surface area contributed by atoms with Gasteiger partial charge in [-0.05, 0) is 43.3 Å². The van der Waals surface area contributed by atoms with Crippen molar-refractivity contribution in [2.24, 2.45) is 0 Å². The number of sulfone groups is 1. The second kappa shape index (κ2) is 7.84. The van der Waals surface area contributed by atoms with Gasteiger partial charge in [-0.3, -0.25) is 0 Å². The van der Waals surface area contributed by atoms with Crippen LogP contribution in [0, 0.1) is 6.92 Å². The van der Waals surface area contributed by atoms with Crippen LogP contribution in [-0.2, 0) is 9.84 Å². The van der Waals surface area contributed by atoms with E-state index in [1.165, 1.54) is 6.26 Å². The average molecular weight is 386 g/mol. The van der Waals surface area contributed by atoms with Gasteiger partial charge in [-0.15, -0.1) is 0 Å². The molecule has 0 aliphatic rings. The van der Waals surface area contributed by atoms with Crippen molar-refractivity contribution in [3.8, 4) is 11.5 Å². The first-order valence-corrected chi connectivity index (χ1v) is 10.4. The summed E-state index contributed by atoms with van der Waals surface area (Å²) in [5.41, 5.74) is 2.68. The number of nitrogens with one attached hydrogen (secondary N) is 1. The lowest BCUT2D eigenvalue weighted by Gasteiger charge is -2.13. The molecule has 0 bridgehead atoms. The molecule has 27 heavy (non-hydrogen) atoms. The van der Waals surface area contributed by atoms with Crippen molar-refractivity contribution in [3.63, 3.8) is 0 Å². The Morgan fingerprint density at radius 3 is 2.52 bits per heavy atom. The number of hydrogen-bond acceptors (Lipinski definition) is 6. The van der Waals surface area contributed by atoms with Gasteiger partial charge in [0.2, 0.25) is 0 Å². The van der Waals surface area contributed by atoms with Crippen molar-refractivity contribution in [2.45, 2.75) is 11.8 Å². The maximum Gasteiger partial charge on any atom is 0.175 e. The zero-order valence-electron chi connectivity index (χ0n) is 15.5. The number of aromatic nitrogens is 1. The molecule has 7 heteroatoms. The highest BCUT2D eigenvalue weighted by atomic mass is 32.2. The minimum atomic E-state index is -3.20. The molecule has 3 aromatic rings. The monoisotopic (exact) mass is 386 g/mol. The molecule has 0 fully saturated rings. The molecule has 0 saturated heterocycles. The molecule has 0 radical (unpaired) electrons. The molecule has 0 spiro atoms. The molecule has 3 rings (SSSR count). The number of ether oxygens (including phenoxy) is 2. The van der Waals surface area contributed by atoms with Crippen LogP contribution in [0.25, 0.3) is 10.9 Å². The summed E-state index contributed by atoms with van der Waals surface area (Å²) >= 11 is 0. The summed E-state index contributed by atoms with van der Waals surface area (Å²) in [5.74, 6) is 1.36. The highest BCUT2D eigenvalue weighted by Crippen LogP contribution is 2.29. The van der Waals surface area contributed by atoms with Crippen LogP contribution < -0.4 is 14.8 Å². The van der Waals surface area contributed by atoms with E-state index in [0.29, 0.717) is 18.9 Å². The van der Waals surface area contributed by atoms with Gasteiger partial charge < -0.3 is 14.8 Å². The third kappa shape index (κ3) is 4.49. The highest BCUT2D eigenvalue weighted by molar-refractivity contribution is 7.90. The lowest BCUT2D eigenvalue weighted by Crippen LogP contribution is -2.12. The number of methoxy groups -OCH3 is 1. The first-order chi connectivity index (χ1) is 12.9. The third-order valence-corrected chi connectivity index (χ3v) is 5.22. The summed E-state index contributed by atoms with van der Waals surface area (Å²) in [6, 6.07) is 14.2. The van der Waals surface area contributed by atoms with Gasteiger partial charge in [0.1, 0.15) is 23.6 Å². The van der Waals surface area contributed by atoms with E-state index in [-0.39, 0.29) is 4.90 Å². The molecule has 1 N–H and O–H groups in total. The highest BCUT2D eigenvalue weighted by Gasteiger charge is 2.09. The SMILES string of the molecule is COc1cccc2c(NCCOc3ccc(S(C)(=O)=O)cc3)cc(C)nc12. The van der Waals surface area contributed by atoms with Crippen molar-refractivity contribution < 1.29 is 17.9 Å². The molecule has 0 aliphatic heterocycles. The Kier molecular flexibility index (Phi) is 5.51. The van der Waals surface area contributed by atoms with Crippen LogP contribution in [0.5, 0.6) is 11.5 Å². The van der Waals surface area contributed by atoms with Crippen LogP contribution in [0.4, 0.5) is 5.69 Å². The number of pyridine rings is 1. The smallest absolute Gasteiger partial charge is 0.175 e. The number of nitrogens with zero attached hydrogens (tertiary/aromatic N) is 1. The van der Waals surface area contributed by atoms with Gasteiger partial charge in [0.25, 0.3) is 0 Å². The second-order valence-electron chi connectivity index (χ2n) is 6.19. The van der Waals surface area contributed by atoms with Crippen LogP contribution in [0.15, 0.2) is 53.4 Å². The number of fused-ring (bicyclic) bond motifs is 1. The van der Waals surface area contributed by atoms with E-state index >= 15 is 0 Å². The average Bonchev–Trinajstić information content (AvgIpc) is 2.64. The Labute approximate surface area is 159 Å². The number of benzene rings is 2. The van der Waals surface area contributed by atoms with Crippen LogP contribution in [0.2, 0.25) is 0 Å². The molecule has 0 unspecified atom stereocenters. The van der Waals surface area contributed by atoms with E-state index in [4.69, 9.17) is 9.47 Å². The van der Waals surface area contributed by atoms with Crippen molar-refractivity contribution in [1.29, 1.82) is 0 Å². The maximum atomic E-state index is 11.5. The topological polar surface area (TPSA) is 77.5 Å². The van der Waals surface area contributed by atoms with Gasteiger partial charge in [-0.25, -0.2) is 13.4 Å². The van der Waals surface area contributed by atoms with E-state index in [1.54, 1.807) is 31.4 Å². The molecule has 0 atom stereocenters. The molecule has 1 heterocycles. The van der Waals surface area contributed by atoms with Crippen LogP contribution in [0.1, 0.15) is 5.69 Å². The van der Waals surface area contributed by atoms with Gasteiger partial charge in [-0.2, -0.15) is 0 Å². The van der Waals surface area contributed by atoms with Crippen LogP contribution in [-0.4, -0.2) is 39.9 Å². The Balaban J connectivity index is 1.66. The number of para-hydroxylation sites is 1. The summed E-state index contributed by atoms with van der Waals surface area (Å²) in [5, 5.41) is 4.35. The Bertz CT molecular complexity index is 1050. The van der Waals surface area contributed by atoms with E-state index in [9.17, 15) is 8.42 Å². The second-order valence-corrected chi connectivity index (χ2v) is 8.20. The molecule has 142 valence electrons. The molecule has 6 nitrogen and oxygen atoms in total. The van der Waals surface area contributed by atoms with Gasteiger partial charge in [0.15, 0.2) is 9.84 Å². The number of rotatable bonds is 7. The summed E-state index contributed by atoms with van der Waals surface area (Å²) in [4.78, 5) is 4.84. The fourth-order valence-electron chi connectivity index (χ4n) is 2.80. The van der Waals surface area contributed by atoms with Crippen molar-refractivity contribution in [2.75, 3.05) is 31.8 Å². The van der Waals surface area contributed by atoms with E-state index < -0.39 is 9.84 Å². The van der Waals surface area contributed by atoms with Gasteiger partial charge in [0, 0.05) is 29.6 Å². The van der Waals surface area contributed by atoms with Gasteiger partial charge >= 0.3 is 0 Å². The molecular weight excluding hydrogens is 364 g/mol. The van der Waals surface area contributed by atoms with Gasteiger partial charge in [0.05, 0.1) is 12.0 Å². The maximum absolute atomic E-state index is 11.5. The van der Waals surface area contributed by atoms with Crippen LogP contribution >= 0.6 is 0 Å². The lowest BCUT2D eigenvalue weighted by atomic mass is 10.1. The zero-order valence-corrected chi connectivity index (χ0v) is 16.3. The molecule has 0 amide bonds. The Morgan fingerprint density at radius 2 is 1.85 bits per heavy atom. The largest absolute Gasteiger partial charge is 0.494 e. The molecule has 0 saturated carbocycles. The Morgan fingerprint density at radius 1 is 1.11 bits per heavy atom. The minimum Gasteiger partial charge on any atom is -0.494 e. The van der Waals surface area contributed by atoms with Crippen molar-refractivity contribution in [1.82, 2.24) is 4.98 Å². The molecule has 0 aliphatic carbocycles. The van der Waals surface area contributed by atoms with Crippen molar-refractivity contribution >= 4 is 26.4 Å². The predicted octanol–water partition coefficient (Wildman–Crippen LogP) is 3.45. The van der Waals surface area contributed by atoms with E-state index in [0.717, 1.165) is 28.0 Å². The van der Waals surface area contributed by atoms with Gasteiger partial charge in [-0.1, -0.05) is 12.1 Å².